The molecule has 4 aliphatic rings. The molecule has 2 N–H and O–H groups in total. The summed E-state index contributed by atoms with van der Waals surface area (Å²) in [6.45, 7) is 4.86. The lowest BCUT2D eigenvalue weighted by molar-refractivity contribution is -0.132. The summed E-state index contributed by atoms with van der Waals surface area (Å²) in [4.78, 5) is 34.3. The van der Waals surface area contributed by atoms with Crippen LogP contribution < -0.4 is 10.6 Å². The van der Waals surface area contributed by atoms with Crippen molar-refractivity contribution >= 4 is 23.5 Å². The van der Waals surface area contributed by atoms with E-state index in [1.54, 1.807) is 12.3 Å². The van der Waals surface area contributed by atoms with Crippen LogP contribution in [0.2, 0.25) is 0 Å². The zero-order valence-electron chi connectivity index (χ0n) is 23.1. The molecule has 1 aromatic heterocycles. The van der Waals surface area contributed by atoms with E-state index in [4.69, 9.17) is 4.74 Å². The van der Waals surface area contributed by atoms with Gasteiger partial charge in [-0.1, -0.05) is 48.6 Å². The first kappa shape index (κ1) is 26.5. The van der Waals surface area contributed by atoms with E-state index in [0.717, 1.165) is 53.7 Å². The minimum Gasteiger partial charge on any atom is -0.354 e. The first-order valence-corrected chi connectivity index (χ1v) is 14.3. The van der Waals surface area contributed by atoms with E-state index >= 15 is 0 Å². The molecule has 5 unspecified atom stereocenters. The summed E-state index contributed by atoms with van der Waals surface area (Å²) in [6, 6.07) is 14.0. The van der Waals surface area contributed by atoms with E-state index in [-0.39, 0.29) is 36.2 Å². The van der Waals surface area contributed by atoms with Crippen molar-refractivity contribution in [1.82, 2.24) is 20.5 Å². The van der Waals surface area contributed by atoms with Gasteiger partial charge in [0.25, 0.3) is 5.91 Å². The molecule has 40 heavy (non-hydrogen) atoms. The zero-order chi connectivity index (χ0) is 27.7. The highest BCUT2D eigenvalue weighted by molar-refractivity contribution is 6.04. The lowest BCUT2D eigenvalue weighted by Gasteiger charge is -2.41. The summed E-state index contributed by atoms with van der Waals surface area (Å²) < 4.78 is 5.61. The Bertz CT molecular complexity index is 1420. The Morgan fingerprint density at radius 1 is 1.18 bits per heavy atom. The molecule has 2 aromatic rings. The van der Waals surface area contributed by atoms with Gasteiger partial charge in [-0.25, -0.2) is 0 Å². The highest BCUT2D eigenvalue weighted by Gasteiger charge is 2.41. The second-order valence-corrected chi connectivity index (χ2v) is 11.3. The van der Waals surface area contributed by atoms with Gasteiger partial charge in [0.15, 0.2) is 0 Å². The Morgan fingerprint density at radius 2 is 2.00 bits per heavy atom. The number of likely N-dealkylation sites (tertiary alicyclic amines) is 1. The largest absolute Gasteiger partial charge is 0.354 e. The molecule has 2 aliphatic heterocycles. The second kappa shape index (κ2) is 11.0. The van der Waals surface area contributed by atoms with Crippen LogP contribution >= 0.6 is 0 Å². The number of epoxide rings is 1. The number of hydrogen-bond donors (Lipinski definition) is 2. The van der Waals surface area contributed by atoms with E-state index in [9.17, 15) is 9.59 Å². The molecule has 0 radical (unpaired) electrons. The summed E-state index contributed by atoms with van der Waals surface area (Å²) in [5.74, 6) is -0.119. The SMILES string of the molecule is CC1OC1NC1CCC(CNC(=O)C2(C)C=C=Cc3cccnc32)N(C(=O)C2=C(c3ccccc3)CCC=C2)C1. The van der Waals surface area contributed by atoms with Crippen molar-refractivity contribution in [2.75, 3.05) is 13.1 Å². The normalized spacial score (nSPS) is 28.8. The smallest absolute Gasteiger partial charge is 0.254 e. The molecule has 3 heterocycles. The molecule has 7 nitrogen and oxygen atoms in total. The lowest BCUT2D eigenvalue weighted by atomic mass is 9.80. The third kappa shape index (κ3) is 5.20. The predicted molar refractivity (Wildman–Crippen MR) is 155 cm³/mol. The number of carbonyl (C=O) groups excluding carboxylic acids is 2. The monoisotopic (exact) mass is 536 g/mol. The molecule has 1 aromatic carbocycles. The Hall–Kier alpha value is -3.77. The third-order valence-corrected chi connectivity index (χ3v) is 8.51. The lowest BCUT2D eigenvalue weighted by Crippen LogP contribution is -2.57. The summed E-state index contributed by atoms with van der Waals surface area (Å²) in [5.41, 5.74) is 6.73. The number of nitrogens with one attached hydrogen (secondary N) is 2. The molecule has 0 saturated carbocycles. The van der Waals surface area contributed by atoms with E-state index in [1.165, 1.54) is 0 Å². The number of fused-ring (bicyclic) bond motifs is 1. The maximum absolute atomic E-state index is 14.2. The van der Waals surface area contributed by atoms with Crippen molar-refractivity contribution in [1.29, 1.82) is 0 Å². The number of rotatable bonds is 7. The van der Waals surface area contributed by atoms with E-state index in [2.05, 4.69) is 39.6 Å². The maximum Gasteiger partial charge on any atom is 0.254 e. The fraction of sp³-hybridized carbons (Fsp3) is 0.394. The molecule has 6 rings (SSSR count). The van der Waals surface area contributed by atoms with Crippen LogP contribution in [0.25, 0.3) is 11.6 Å². The fourth-order valence-electron chi connectivity index (χ4n) is 6.08. The molecule has 0 bridgehead atoms. The number of aromatic nitrogens is 1. The molecule has 2 aliphatic carbocycles. The molecule has 2 amide bonds. The number of ether oxygens (including phenoxy) is 1. The summed E-state index contributed by atoms with van der Waals surface area (Å²) in [5, 5.41) is 6.74. The third-order valence-electron chi connectivity index (χ3n) is 8.51. The van der Waals surface area contributed by atoms with Crippen molar-refractivity contribution in [3.8, 4) is 0 Å². The first-order valence-electron chi connectivity index (χ1n) is 14.3. The standard InChI is InChI=1S/C33H36N4O3/c1-22-30(40-22)36-25-16-17-26(20-35-32(39)33(2)18-8-12-24-13-9-19-34-29(24)33)37(21-25)31(38)28-15-7-6-14-27(28)23-10-4-3-5-11-23/h3-5,7,9-13,15,18-19,22,25-26,30,36H,6,14,16-17,20-21H2,1-2H3,(H,35,39). The summed E-state index contributed by atoms with van der Waals surface area (Å²) in [6.07, 6.45) is 13.1. The van der Waals surface area contributed by atoms with Crippen LogP contribution in [-0.4, -0.2) is 59.2 Å². The van der Waals surface area contributed by atoms with E-state index < -0.39 is 5.41 Å². The second-order valence-electron chi connectivity index (χ2n) is 11.3. The Labute approximate surface area is 235 Å². The Kier molecular flexibility index (Phi) is 7.28. The average molecular weight is 537 g/mol. The molecular weight excluding hydrogens is 500 g/mol. The van der Waals surface area contributed by atoms with Crippen LogP contribution in [-0.2, 0) is 19.7 Å². The topological polar surface area (TPSA) is 86.9 Å². The van der Waals surface area contributed by atoms with Crippen molar-refractivity contribution in [2.24, 2.45) is 0 Å². The molecule has 2 fully saturated rings. The molecular formula is C33H36N4O3. The number of piperidine rings is 1. The van der Waals surface area contributed by atoms with Gasteiger partial charge >= 0.3 is 0 Å². The number of benzene rings is 1. The summed E-state index contributed by atoms with van der Waals surface area (Å²) >= 11 is 0. The first-order chi connectivity index (χ1) is 19.4. The van der Waals surface area contributed by atoms with Crippen LogP contribution in [0, 0.1) is 0 Å². The van der Waals surface area contributed by atoms with Crippen molar-refractivity contribution in [2.45, 2.75) is 69.4 Å². The fourth-order valence-corrected chi connectivity index (χ4v) is 6.08. The highest BCUT2D eigenvalue weighted by Crippen LogP contribution is 2.33. The Balaban J connectivity index is 1.24. The van der Waals surface area contributed by atoms with Gasteiger partial charge < -0.3 is 15.0 Å². The number of amides is 2. The molecule has 7 heteroatoms. The van der Waals surface area contributed by atoms with Crippen molar-refractivity contribution in [3.63, 3.8) is 0 Å². The van der Waals surface area contributed by atoms with Crippen molar-refractivity contribution in [3.05, 3.63) is 95.0 Å². The maximum atomic E-state index is 14.2. The van der Waals surface area contributed by atoms with Crippen LogP contribution in [0.4, 0.5) is 0 Å². The van der Waals surface area contributed by atoms with Crippen LogP contribution in [0.1, 0.15) is 56.4 Å². The molecule has 5 atom stereocenters. The minimum atomic E-state index is -0.923. The zero-order valence-corrected chi connectivity index (χ0v) is 23.1. The number of allylic oxidation sites excluding steroid dienone is 2. The van der Waals surface area contributed by atoms with Crippen LogP contribution in [0.3, 0.4) is 0 Å². The quantitative estimate of drug-likeness (QED) is 0.411. The van der Waals surface area contributed by atoms with Gasteiger partial charge in [0.2, 0.25) is 5.91 Å². The number of pyridine rings is 1. The van der Waals surface area contributed by atoms with Gasteiger partial charge in [0.05, 0.1) is 11.8 Å². The molecule has 206 valence electrons. The van der Waals surface area contributed by atoms with Gasteiger partial charge in [0.1, 0.15) is 11.6 Å². The molecule has 2 saturated heterocycles. The van der Waals surface area contributed by atoms with Crippen LogP contribution in [0.15, 0.2) is 78.2 Å². The van der Waals surface area contributed by atoms with E-state index in [0.29, 0.717) is 13.1 Å². The minimum absolute atomic E-state index is 0.0176. The number of nitrogens with zero attached hydrogens (tertiary/aromatic N) is 2. The number of hydrogen-bond acceptors (Lipinski definition) is 5. The van der Waals surface area contributed by atoms with Gasteiger partial charge in [0, 0.05) is 42.5 Å². The highest BCUT2D eigenvalue weighted by atomic mass is 16.6. The Morgan fingerprint density at radius 3 is 2.80 bits per heavy atom. The number of carbonyl (C=O) groups is 2. The summed E-state index contributed by atoms with van der Waals surface area (Å²) in [7, 11) is 0. The van der Waals surface area contributed by atoms with E-state index in [1.807, 2.05) is 61.2 Å². The average Bonchev–Trinajstić information content (AvgIpc) is 3.70. The van der Waals surface area contributed by atoms with Gasteiger partial charge in [-0.3, -0.25) is 19.9 Å². The van der Waals surface area contributed by atoms with Crippen LogP contribution in [0.5, 0.6) is 0 Å². The van der Waals surface area contributed by atoms with Gasteiger partial charge in [-0.15, -0.1) is 5.73 Å². The van der Waals surface area contributed by atoms with Gasteiger partial charge in [-0.05, 0) is 68.9 Å². The van der Waals surface area contributed by atoms with Gasteiger partial charge in [-0.2, -0.15) is 0 Å². The molecule has 0 spiro atoms. The van der Waals surface area contributed by atoms with Crippen molar-refractivity contribution < 1.29 is 14.3 Å². The predicted octanol–water partition coefficient (Wildman–Crippen LogP) is 4.14.